The maximum atomic E-state index is 13.1. The molecular formula is C18H24BrNO. The number of halogens is 1. The van der Waals surface area contributed by atoms with Crippen molar-refractivity contribution in [3.8, 4) is 0 Å². The Labute approximate surface area is 136 Å². The predicted molar refractivity (Wildman–Crippen MR) is 90.1 cm³/mol. The average Bonchev–Trinajstić information content (AvgIpc) is 2.69. The van der Waals surface area contributed by atoms with Crippen molar-refractivity contribution in [1.82, 2.24) is 4.90 Å². The summed E-state index contributed by atoms with van der Waals surface area (Å²) in [7, 11) is 0. The Kier molecular flexibility index (Phi) is 3.89. The third-order valence-electron chi connectivity index (χ3n) is 4.88. The van der Waals surface area contributed by atoms with Gasteiger partial charge in [0.2, 0.25) is 0 Å². The summed E-state index contributed by atoms with van der Waals surface area (Å²) in [5.41, 5.74) is 2.06. The highest BCUT2D eigenvalue weighted by Gasteiger charge is 2.43. The zero-order valence-electron chi connectivity index (χ0n) is 13.1. The van der Waals surface area contributed by atoms with Crippen LogP contribution in [-0.2, 0) is 5.41 Å². The van der Waals surface area contributed by atoms with Crippen molar-refractivity contribution < 1.29 is 4.79 Å². The molecule has 2 aliphatic rings. The second kappa shape index (κ2) is 5.42. The van der Waals surface area contributed by atoms with Gasteiger partial charge in [-0.1, -0.05) is 54.9 Å². The lowest BCUT2D eigenvalue weighted by Crippen LogP contribution is -2.47. The number of nitrogens with zero attached hydrogens (tertiary/aromatic N) is 1. The molecule has 2 fully saturated rings. The number of amides is 1. The molecule has 21 heavy (non-hydrogen) atoms. The molecule has 0 N–H and O–H groups in total. The summed E-state index contributed by atoms with van der Waals surface area (Å²) in [6.07, 6.45) is 4.52. The number of rotatable bonds is 1. The average molecular weight is 350 g/mol. The molecule has 0 aliphatic carbocycles. The van der Waals surface area contributed by atoms with Crippen LogP contribution in [0.15, 0.2) is 24.3 Å². The molecule has 3 heteroatoms. The van der Waals surface area contributed by atoms with Gasteiger partial charge in [-0.3, -0.25) is 4.79 Å². The van der Waals surface area contributed by atoms with Crippen LogP contribution in [0.4, 0.5) is 0 Å². The van der Waals surface area contributed by atoms with E-state index in [0.29, 0.717) is 16.9 Å². The van der Waals surface area contributed by atoms with Gasteiger partial charge in [0.1, 0.15) is 0 Å². The fourth-order valence-corrected chi connectivity index (χ4v) is 4.77. The van der Waals surface area contributed by atoms with Crippen LogP contribution < -0.4 is 0 Å². The first-order valence-corrected chi connectivity index (χ1v) is 8.85. The zero-order valence-corrected chi connectivity index (χ0v) is 14.7. The van der Waals surface area contributed by atoms with Crippen molar-refractivity contribution in [1.29, 1.82) is 0 Å². The van der Waals surface area contributed by atoms with Crippen molar-refractivity contribution >= 4 is 21.8 Å². The first kappa shape index (κ1) is 15.1. The second-order valence-corrected chi connectivity index (χ2v) is 8.76. The third-order valence-corrected chi connectivity index (χ3v) is 5.62. The Balaban J connectivity index is 1.94. The van der Waals surface area contributed by atoms with Gasteiger partial charge in [0.25, 0.3) is 5.91 Å². The molecule has 2 unspecified atom stereocenters. The fraction of sp³-hybridized carbons (Fsp3) is 0.611. The standard InChI is InChI=1S/C18H24BrNO/c1-18(2,3)16-7-5-4-6-15(16)17(21)20-13-8-9-14(20)11-12(19)10-13/h4-7,12-14H,8-11H2,1-3H3. The molecule has 114 valence electrons. The summed E-state index contributed by atoms with van der Waals surface area (Å²) in [5, 5.41) is 0. The quantitative estimate of drug-likeness (QED) is 0.682. The molecule has 1 aromatic rings. The Morgan fingerprint density at radius 2 is 1.71 bits per heavy atom. The fourth-order valence-electron chi connectivity index (χ4n) is 3.90. The van der Waals surface area contributed by atoms with Gasteiger partial charge in [-0.2, -0.15) is 0 Å². The first-order valence-electron chi connectivity index (χ1n) is 7.94. The van der Waals surface area contributed by atoms with Gasteiger partial charge >= 0.3 is 0 Å². The summed E-state index contributed by atoms with van der Waals surface area (Å²) in [4.78, 5) is 15.9. The molecule has 2 aliphatic heterocycles. The number of benzene rings is 1. The van der Waals surface area contributed by atoms with E-state index in [0.717, 1.165) is 36.8 Å². The van der Waals surface area contributed by atoms with Crippen LogP contribution >= 0.6 is 15.9 Å². The van der Waals surface area contributed by atoms with Gasteiger partial charge < -0.3 is 4.90 Å². The molecule has 2 saturated heterocycles. The summed E-state index contributed by atoms with van der Waals surface area (Å²) in [5.74, 6) is 0.243. The Morgan fingerprint density at radius 1 is 1.14 bits per heavy atom. The smallest absolute Gasteiger partial charge is 0.254 e. The Morgan fingerprint density at radius 3 is 2.29 bits per heavy atom. The molecular weight excluding hydrogens is 326 g/mol. The predicted octanol–water partition coefficient (Wildman–Crippen LogP) is 4.51. The van der Waals surface area contributed by atoms with Crippen LogP contribution in [0.5, 0.6) is 0 Å². The van der Waals surface area contributed by atoms with Crippen LogP contribution in [0.3, 0.4) is 0 Å². The Hall–Kier alpha value is -0.830. The van der Waals surface area contributed by atoms with Gasteiger partial charge in [-0.05, 0) is 42.7 Å². The zero-order chi connectivity index (χ0) is 15.2. The van der Waals surface area contributed by atoms with Gasteiger partial charge in [0.05, 0.1) is 0 Å². The molecule has 1 aromatic carbocycles. The van der Waals surface area contributed by atoms with Crippen LogP contribution in [0.1, 0.15) is 62.4 Å². The van der Waals surface area contributed by atoms with E-state index in [1.807, 2.05) is 18.2 Å². The lowest BCUT2D eigenvalue weighted by atomic mass is 9.83. The normalized spacial score (nSPS) is 28.8. The van der Waals surface area contributed by atoms with Gasteiger partial charge in [-0.15, -0.1) is 0 Å². The second-order valence-electron chi connectivity index (χ2n) is 7.46. The minimum atomic E-state index is -0.000946. The molecule has 1 amide bonds. The number of fused-ring (bicyclic) bond motifs is 2. The van der Waals surface area contributed by atoms with Crippen molar-refractivity contribution in [2.75, 3.05) is 0 Å². The minimum Gasteiger partial charge on any atom is -0.333 e. The summed E-state index contributed by atoms with van der Waals surface area (Å²) in [6, 6.07) is 8.98. The van der Waals surface area contributed by atoms with Crippen LogP contribution in [-0.4, -0.2) is 27.7 Å². The van der Waals surface area contributed by atoms with E-state index in [2.05, 4.69) is 47.7 Å². The minimum absolute atomic E-state index is 0.000946. The Bertz CT molecular complexity index is 534. The number of carbonyl (C=O) groups excluding carboxylic acids is 1. The van der Waals surface area contributed by atoms with Crippen molar-refractivity contribution in [2.45, 2.75) is 68.8 Å². The molecule has 0 spiro atoms. The number of hydrogen-bond donors (Lipinski definition) is 0. The lowest BCUT2D eigenvalue weighted by Gasteiger charge is -2.38. The van der Waals surface area contributed by atoms with Crippen LogP contribution in [0.2, 0.25) is 0 Å². The van der Waals surface area contributed by atoms with Gasteiger partial charge in [-0.25, -0.2) is 0 Å². The highest BCUT2D eigenvalue weighted by atomic mass is 79.9. The summed E-state index contributed by atoms with van der Waals surface area (Å²) in [6.45, 7) is 6.54. The molecule has 0 radical (unpaired) electrons. The van der Waals surface area contributed by atoms with Crippen molar-refractivity contribution in [2.24, 2.45) is 0 Å². The van der Waals surface area contributed by atoms with E-state index in [1.54, 1.807) is 0 Å². The number of piperidine rings is 1. The number of carbonyl (C=O) groups is 1. The maximum absolute atomic E-state index is 13.1. The molecule has 0 saturated carbocycles. The number of hydrogen-bond acceptors (Lipinski definition) is 1. The van der Waals surface area contributed by atoms with E-state index in [9.17, 15) is 4.79 Å². The van der Waals surface area contributed by atoms with Crippen molar-refractivity contribution in [3.05, 3.63) is 35.4 Å². The van der Waals surface area contributed by atoms with Crippen LogP contribution in [0.25, 0.3) is 0 Å². The first-order chi connectivity index (χ1) is 9.88. The lowest BCUT2D eigenvalue weighted by molar-refractivity contribution is 0.0601. The molecule has 3 rings (SSSR count). The molecule has 2 atom stereocenters. The highest BCUT2D eigenvalue weighted by molar-refractivity contribution is 9.09. The number of alkyl halides is 1. The SMILES string of the molecule is CC(C)(C)c1ccccc1C(=O)N1C2CCC1CC(Br)C2. The van der Waals surface area contributed by atoms with Gasteiger partial charge in [0.15, 0.2) is 0 Å². The van der Waals surface area contributed by atoms with Gasteiger partial charge in [0, 0.05) is 22.5 Å². The third kappa shape index (κ3) is 2.77. The van der Waals surface area contributed by atoms with E-state index in [4.69, 9.17) is 0 Å². The molecule has 2 nitrogen and oxygen atoms in total. The van der Waals surface area contributed by atoms with Crippen molar-refractivity contribution in [3.63, 3.8) is 0 Å². The molecule has 2 bridgehead atoms. The van der Waals surface area contributed by atoms with E-state index in [-0.39, 0.29) is 11.3 Å². The molecule has 0 aromatic heterocycles. The summed E-state index contributed by atoms with van der Waals surface area (Å²) >= 11 is 3.75. The van der Waals surface area contributed by atoms with E-state index < -0.39 is 0 Å². The summed E-state index contributed by atoms with van der Waals surface area (Å²) < 4.78 is 0. The topological polar surface area (TPSA) is 20.3 Å². The maximum Gasteiger partial charge on any atom is 0.254 e. The largest absolute Gasteiger partial charge is 0.333 e. The monoisotopic (exact) mass is 349 g/mol. The van der Waals surface area contributed by atoms with E-state index >= 15 is 0 Å². The van der Waals surface area contributed by atoms with Crippen LogP contribution in [0, 0.1) is 0 Å². The highest BCUT2D eigenvalue weighted by Crippen LogP contribution is 2.40. The molecule has 2 heterocycles. The van der Waals surface area contributed by atoms with E-state index in [1.165, 1.54) is 0 Å².